The predicted octanol–water partition coefficient (Wildman–Crippen LogP) is 3.04. The Morgan fingerprint density at radius 1 is 1.06 bits per heavy atom. The molecule has 0 saturated heterocycles. The lowest BCUT2D eigenvalue weighted by Crippen LogP contribution is -1.92. The zero-order chi connectivity index (χ0) is 12.3. The minimum atomic E-state index is -0.442. The molecule has 2 aromatic carbocycles. The summed E-state index contributed by atoms with van der Waals surface area (Å²) in [7, 11) is 0. The van der Waals surface area contributed by atoms with Crippen LogP contribution < -0.4 is 5.32 Å². The molecule has 17 heavy (non-hydrogen) atoms. The van der Waals surface area contributed by atoms with Gasteiger partial charge in [0.1, 0.15) is 5.75 Å². The standard InChI is InChI=1S/C12H10N2O3/c15-12-6-4-9(5-7-12)13-10-2-1-3-11(8-10)14(16)17/h1-8,13,15H. The van der Waals surface area contributed by atoms with Crippen LogP contribution in [0.4, 0.5) is 17.1 Å². The number of non-ortho nitro benzene ring substituents is 1. The number of phenolic OH excluding ortho intramolecular Hbond substituents is 1. The Morgan fingerprint density at radius 3 is 2.41 bits per heavy atom. The van der Waals surface area contributed by atoms with E-state index in [1.54, 1.807) is 36.4 Å². The van der Waals surface area contributed by atoms with Crippen LogP contribution in [0.3, 0.4) is 0 Å². The number of nitrogens with zero attached hydrogens (tertiary/aromatic N) is 1. The van der Waals surface area contributed by atoms with Gasteiger partial charge in [-0.25, -0.2) is 0 Å². The second-order valence-electron chi connectivity index (χ2n) is 3.48. The first kappa shape index (κ1) is 10.9. The van der Waals surface area contributed by atoms with Crippen LogP contribution in [0.2, 0.25) is 0 Å². The van der Waals surface area contributed by atoms with Gasteiger partial charge in [-0.3, -0.25) is 10.1 Å². The summed E-state index contributed by atoms with van der Waals surface area (Å²) in [5.41, 5.74) is 1.42. The van der Waals surface area contributed by atoms with E-state index in [-0.39, 0.29) is 11.4 Å². The van der Waals surface area contributed by atoms with Crippen molar-refractivity contribution in [2.75, 3.05) is 5.32 Å². The number of benzene rings is 2. The minimum Gasteiger partial charge on any atom is -0.508 e. The van der Waals surface area contributed by atoms with Gasteiger partial charge in [0.15, 0.2) is 0 Å². The molecule has 0 fully saturated rings. The van der Waals surface area contributed by atoms with Crippen LogP contribution in [-0.2, 0) is 0 Å². The van der Waals surface area contributed by atoms with Gasteiger partial charge in [0.25, 0.3) is 5.69 Å². The molecule has 0 bridgehead atoms. The predicted molar refractivity (Wildman–Crippen MR) is 64.5 cm³/mol. The van der Waals surface area contributed by atoms with Gasteiger partial charge in [-0.1, -0.05) is 6.07 Å². The lowest BCUT2D eigenvalue weighted by Gasteiger charge is -2.05. The van der Waals surface area contributed by atoms with Crippen LogP contribution in [0.1, 0.15) is 0 Å². The van der Waals surface area contributed by atoms with E-state index >= 15 is 0 Å². The Hall–Kier alpha value is -2.56. The number of hydrogen-bond acceptors (Lipinski definition) is 4. The molecule has 0 amide bonds. The number of aromatic hydroxyl groups is 1. The molecule has 5 heteroatoms. The summed E-state index contributed by atoms with van der Waals surface area (Å²) in [6.07, 6.45) is 0. The topological polar surface area (TPSA) is 75.4 Å². The highest BCUT2D eigenvalue weighted by Gasteiger charge is 2.05. The first-order chi connectivity index (χ1) is 8.15. The summed E-state index contributed by atoms with van der Waals surface area (Å²) in [6, 6.07) is 12.7. The van der Waals surface area contributed by atoms with Crippen molar-refractivity contribution in [1.29, 1.82) is 0 Å². The van der Waals surface area contributed by atoms with E-state index in [1.165, 1.54) is 12.1 Å². The van der Waals surface area contributed by atoms with Crippen molar-refractivity contribution in [3.8, 4) is 5.75 Å². The molecule has 0 aliphatic heterocycles. The highest BCUT2D eigenvalue weighted by molar-refractivity contribution is 5.62. The van der Waals surface area contributed by atoms with Crippen molar-refractivity contribution in [1.82, 2.24) is 0 Å². The lowest BCUT2D eigenvalue weighted by atomic mass is 10.2. The van der Waals surface area contributed by atoms with E-state index in [4.69, 9.17) is 5.11 Å². The first-order valence-electron chi connectivity index (χ1n) is 4.96. The fraction of sp³-hybridized carbons (Fsp3) is 0. The molecule has 0 heterocycles. The van der Waals surface area contributed by atoms with Gasteiger partial charge in [-0.05, 0) is 30.3 Å². The zero-order valence-electron chi connectivity index (χ0n) is 8.83. The number of anilines is 2. The summed E-state index contributed by atoms with van der Waals surface area (Å²) in [5.74, 6) is 0.176. The summed E-state index contributed by atoms with van der Waals surface area (Å²) < 4.78 is 0. The zero-order valence-corrected chi connectivity index (χ0v) is 8.83. The second-order valence-corrected chi connectivity index (χ2v) is 3.48. The van der Waals surface area contributed by atoms with Gasteiger partial charge < -0.3 is 10.4 Å². The van der Waals surface area contributed by atoms with Crippen LogP contribution in [0.5, 0.6) is 5.75 Å². The first-order valence-corrected chi connectivity index (χ1v) is 4.96. The van der Waals surface area contributed by atoms with Crippen LogP contribution in [0.25, 0.3) is 0 Å². The lowest BCUT2D eigenvalue weighted by molar-refractivity contribution is -0.384. The third kappa shape index (κ3) is 2.72. The van der Waals surface area contributed by atoms with Crippen molar-refractivity contribution in [2.24, 2.45) is 0 Å². The average molecular weight is 230 g/mol. The molecule has 86 valence electrons. The molecule has 0 atom stereocenters. The highest BCUT2D eigenvalue weighted by Crippen LogP contribution is 2.22. The number of nitrogens with one attached hydrogen (secondary N) is 1. The Balaban J connectivity index is 2.21. The normalized spacial score (nSPS) is 9.88. The summed E-state index contributed by atoms with van der Waals surface area (Å²) in [6.45, 7) is 0. The maximum atomic E-state index is 10.6. The maximum absolute atomic E-state index is 10.6. The van der Waals surface area contributed by atoms with E-state index in [0.29, 0.717) is 5.69 Å². The Labute approximate surface area is 97.5 Å². The summed E-state index contributed by atoms with van der Waals surface area (Å²) >= 11 is 0. The number of phenols is 1. The Bertz CT molecular complexity index is 538. The fourth-order valence-electron chi connectivity index (χ4n) is 1.41. The van der Waals surface area contributed by atoms with Gasteiger partial charge in [-0.15, -0.1) is 0 Å². The highest BCUT2D eigenvalue weighted by atomic mass is 16.6. The van der Waals surface area contributed by atoms with E-state index in [1.807, 2.05) is 0 Å². The Morgan fingerprint density at radius 2 is 1.76 bits per heavy atom. The van der Waals surface area contributed by atoms with Crippen molar-refractivity contribution in [3.63, 3.8) is 0 Å². The van der Waals surface area contributed by atoms with E-state index in [0.717, 1.165) is 5.69 Å². The number of nitro groups is 1. The molecular formula is C12H10N2O3. The van der Waals surface area contributed by atoms with Gasteiger partial charge in [0.05, 0.1) is 4.92 Å². The fourth-order valence-corrected chi connectivity index (χ4v) is 1.41. The maximum Gasteiger partial charge on any atom is 0.271 e. The van der Waals surface area contributed by atoms with Gasteiger partial charge in [-0.2, -0.15) is 0 Å². The number of rotatable bonds is 3. The van der Waals surface area contributed by atoms with E-state index in [9.17, 15) is 10.1 Å². The molecular weight excluding hydrogens is 220 g/mol. The SMILES string of the molecule is O=[N+]([O-])c1cccc(Nc2ccc(O)cc2)c1. The Kier molecular flexibility index (Phi) is 2.91. The summed E-state index contributed by atoms with van der Waals surface area (Å²) in [4.78, 5) is 10.2. The molecule has 0 radical (unpaired) electrons. The second kappa shape index (κ2) is 4.52. The third-order valence-electron chi connectivity index (χ3n) is 2.21. The largest absolute Gasteiger partial charge is 0.508 e. The molecule has 0 spiro atoms. The molecule has 0 saturated carbocycles. The van der Waals surface area contributed by atoms with Crippen LogP contribution in [-0.4, -0.2) is 10.0 Å². The molecule has 2 rings (SSSR count). The molecule has 0 aliphatic carbocycles. The minimum absolute atomic E-state index is 0.0359. The van der Waals surface area contributed by atoms with Crippen molar-refractivity contribution in [3.05, 3.63) is 58.6 Å². The van der Waals surface area contributed by atoms with Crippen molar-refractivity contribution >= 4 is 17.1 Å². The monoisotopic (exact) mass is 230 g/mol. The van der Waals surface area contributed by atoms with Crippen LogP contribution in [0.15, 0.2) is 48.5 Å². The third-order valence-corrected chi connectivity index (χ3v) is 2.21. The van der Waals surface area contributed by atoms with Gasteiger partial charge in [0.2, 0.25) is 0 Å². The van der Waals surface area contributed by atoms with Crippen LogP contribution in [0, 0.1) is 10.1 Å². The molecule has 5 nitrogen and oxygen atoms in total. The summed E-state index contributed by atoms with van der Waals surface area (Å²) in [5, 5.41) is 22.7. The molecule has 0 aromatic heterocycles. The van der Waals surface area contributed by atoms with Gasteiger partial charge >= 0.3 is 0 Å². The molecule has 0 unspecified atom stereocenters. The van der Waals surface area contributed by atoms with Crippen molar-refractivity contribution in [2.45, 2.75) is 0 Å². The van der Waals surface area contributed by atoms with E-state index < -0.39 is 4.92 Å². The number of hydrogen-bond donors (Lipinski definition) is 2. The van der Waals surface area contributed by atoms with Crippen molar-refractivity contribution < 1.29 is 10.0 Å². The molecule has 2 N–H and O–H groups in total. The van der Waals surface area contributed by atoms with Crippen LogP contribution >= 0.6 is 0 Å². The average Bonchev–Trinajstić information content (AvgIpc) is 2.32. The smallest absolute Gasteiger partial charge is 0.271 e. The molecule has 0 aliphatic rings. The molecule has 2 aromatic rings. The number of nitro benzene ring substituents is 1. The van der Waals surface area contributed by atoms with E-state index in [2.05, 4.69) is 5.32 Å². The van der Waals surface area contributed by atoms with Gasteiger partial charge in [0, 0.05) is 23.5 Å². The quantitative estimate of drug-likeness (QED) is 0.482.